The van der Waals surface area contributed by atoms with Crippen molar-refractivity contribution in [3.05, 3.63) is 89.3 Å². The van der Waals surface area contributed by atoms with Gasteiger partial charge in [0.15, 0.2) is 0 Å². The van der Waals surface area contributed by atoms with Crippen LogP contribution in [0.5, 0.6) is 17.2 Å². The van der Waals surface area contributed by atoms with E-state index in [1.165, 1.54) is 0 Å². The van der Waals surface area contributed by atoms with Crippen molar-refractivity contribution in [2.45, 2.75) is 6.92 Å². The number of imide groups is 1. The number of anilines is 1. The molecule has 1 saturated heterocycles. The lowest BCUT2D eigenvalue weighted by molar-refractivity contribution is -0.127. The zero-order valence-electron chi connectivity index (χ0n) is 20.2. The molecule has 0 aliphatic carbocycles. The van der Waals surface area contributed by atoms with Crippen LogP contribution in [0.15, 0.2) is 83.8 Å². The molecular weight excluding hydrogens is 492 g/mol. The van der Waals surface area contributed by atoms with Crippen molar-refractivity contribution in [2.75, 3.05) is 31.7 Å². The maximum atomic E-state index is 12.8. The standard InChI is InChI=1S/C28H26N2O6S/c1-2-34-23-13-11-21(12-14-23)29-26(31)19-30-27(32)25(37-28(30)33)18-20-7-6-10-24(17-20)36-16-15-35-22-8-4-3-5-9-22/h3-14,17-18H,2,15-16,19H2,1H3,(H,29,31)/b25-18+. The summed E-state index contributed by atoms with van der Waals surface area (Å²) < 4.78 is 16.7. The summed E-state index contributed by atoms with van der Waals surface area (Å²) in [6.45, 7) is 2.78. The van der Waals surface area contributed by atoms with E-state index in [0.29, 0.717) is 42.6 Å². The van der Waals surface area contributed by atoms with E-state index in [4.69, 9.17) is 14.2 Å². The first-order valence-corrected chi connectivity index (χ1v) is 12.5. The SMILES string of the molecule is CCOc1ccc(NC(=O)CN2C(=O)S/C(=C/c3cccc(OCCOc4ccccc4)c3)C2=O)cc1. The second-order valence-corrected chi connectivity index (χ2v) is 8.85. The highest BCUT2D eigenvalue weighted by atomic mass is 32.2. The summed E-state index contributed by atoms with van der Waals surface area (Å²) in [5.74, 6) is 1.08. The quantitative estimate of drug-likeness (QED) is 0.275. The molecule has 3 aromatic carbocycles. The van der Waals surface area contributed by atoms with E-state index in [-0.39, 0.29) is 11.4 Å². The average molecular weight is 519 g/mol. The fraction of sp³-hybridized carbons (Fsp3) is 0.179. The van der Waals surface area contributed by atoms with Gasteiger partial charge in [-0.3, -0.25) is 19.3 Å². The van der Waals surface area contributed by atoms with Gasteiger partial charge in [-0.2, -0.15) is 0 Å². The van der Waals surface area contributed by atoms with Crippen LogP contribution in [0.4, 0.5) is 10.5 Å². The zero-order chi connectivity index (χ0) is 26.0. The second-order valence-electron chi connectivity index (χ2n) is 7.86. The number of hydrogen-bond acceptors (Lipinski definition) is 7. The molecule has 1 N–H and O–H groups in total. The van der Waals surface area contributed by atoms with Gasteiger partial charge in [-0.25, -0.2) is 0 Å². The van der Waals surface area contributed by atoms with E-state index < -0.39 is 17.1 Å². The number of hydrogen-bond donors (Lipinski definition) is 1. The Morgan fingerprint density at radius 3 is 2.27 bits per heavy atom. The normalized spacial score (nSPS) is 14.1. The highest BCUT2D eigenvalue weighted by Gasteiger charge is 2.36. The van der Waals surface area contributed by atoms with Gasteiger partial charge in [0.05, 0.1) is 11.5 Å². The number of carbonyl (C=O) groups is 3. The Morgan fingerprint density at radius 1 is 0.865 bits per heavy atom. The van der Waals surface area contributed by atoms with E-state index in [1.807, 2.05) is 37.3 Å². The van der Waals surface area contributed by atoms with E-state index in [2.05, 4.69) is 5.32 Å². The molecule has 1 fully saturated rings. The number of thioether (sulfide) groups is 1. The van der Waals surface area contributed by atoms with Gasteiger partial charge in [0.1, 0.15) is 37.0 Å². The average Bonchev–Trinajstić information content (AvgIpc) is 3.16. The van der Waals surface area contributed by atoms with Crippen molar-refractivity contribution in [3.8, 4) is 17.2 Å². The van der Waals surface area contributed by atoms with Gasteiger partial charge in [-0.05, 0) is 78.9 Å². The summed E-state index contributed by atoms with van der Waals surface area (Å²) in [6.07, 6.45) is 1.61. The molecule has 0 aromatic heterocycles. The number of rotatable bonds is 11. The molecule has 0 saturated carbocycles. The van der Waals surface area contributed by atoms with E-state index in [0.717, 1.165) is 22.4 Å². The van der Waals surface area contributed by atoms with Gasteiger partial charge < -0.3 is 19.5 Å². The molecule has 0 radical (unpaired) electrons. The van der Waals surface area contributed by atoms with E-state index in [9.17, 15) is 14.4 Å². The predicted octanol–water partition coefficient (Wildman–Crippen LogP) is 5.22. The van der Waals surface area contributed by atoms with Gasteiger partial charge in [-0.15, -0.1) is 0 Å². The minimum absolute atomic E-state index is 0.239. The Balaban J connectivity index is 1.31. The van der Waals surface area contributed by atoms with Crippen LogP contribution in [-0.2, 0) is 9.59 Å². The third-order valence-electron chi connectivity index (χ3n) is 5.14. The van der Waals surface area contributed by atoms with E-state index >= 15 is 0 Å². The Labute approximate surface area is 219 Å². The number of ether oxygens (including phenoxy) is 3. The molecule has 37 heavy (non-hydrogen) atoms. The molecule has 1 heterocycles. The highest BCUT2D eigenvalue weighted by molar-refractivity contribution is 8.18. The summed E-state index contributed by atoms with van der Waals surface area (Å²) in [5, 5.41) is 2.19. The Bertz CT molecular complexity index is 1280. The predicted molar refractivity (Wildman–Crippen MR) is 143 cm³/mol. The van der Waals surface area contributed by atoms with Crippen LogP contribution < -0.4 is 19.5 Å². The fourth-order valence-electron chi connectivity index (χ4n) is 3.46. The van der Waals surface area contributed by atoms with Crippen LogP contribution >= 0.6 is 11.8 Å². The smallest absolute Gasteiger partial charge is 0.294 e. The summed E-state index contributed by atoms with van der Waals surface area (Å²) >= 11 is 0.798. The third-order valence-corrected chi connectivity index (χ3v) is 6.05. The summed E-state index contributed by atoms with van der Waals surface area (Å²) in [4.78, 5) is 38.9. The number of amides is 3. The number of carbonyl (C=O) groups excluding carboxylic acids is 3. The van der Waals surface area contributed by atoms with Crippen LogP contribution in [0.3, 0.4) is 0 Å². The molecule has 1 aliphatic rings. The van der Waals surface area contributed by atoms with Gasteiger partial charge in [-0.1, -0.05) is 30.3 Å². The highest BCUT2D eigenvalue weighted by Crippen LogP contribution is 2.32. The molecule has 3 aromatic rings. The Kier molecular flexibility index (Phi) is 8.83. The van der Waals surface area contributed by atoms with Crippen molar-refractivity contribution in [3.63, 3.8) is 0 Å². The van der Waals surface area contributed by atoms with Crippen LogP contribution in [-0.4, -0.2) is 48.3 Å². The van der Waals surface area contributed by atoms with Gasteiger partial charge >= 0.3 is 0 Å². The third kappa shape index (κ3) is 7.37. The largest absolute Gasteiger partial charge is 0.494 e. The maximum absolute atomic E-state index is 12.8. The van der Waals surface area contributed by atoms with Gasteiger partial charge in [0, 0.05) is 5.69 Å². The maximum Gasteiger partial charge on any atom is 0.294 e. The van der Waals surface area contributed by atoms with Crippen molar-refractivity contribution >= 4 is 40.6 Å². The fourth-order valence-corrected chi connectivity index (χ4v) is 4.30. The molecule has 0 spiro atoms. The topological polar surface area (TPSA) is 94.2 Å². The molecule has 0 atom stereocenters. The second kappa shape index (κ2) is 12.6. The molecule has 4 rings (SSSR count). The van der Waals surface area contributed by atoms with Gasteiger partial charge in [0.25, 0.3) is 11.1 Å². The molecular formula is C28H26N2O6S. The number of nitrogens with one attached hydrogen (secondary N) is 1. The lowest BCUT2D eigenvalue weighted by Gasteiger charge is -2.12. The summed E-state index contributed by atoms with van der Waals surface area (Å²) in [7, 11) is 0. The summed E-state index contributed by atoms with van der Waals surface area (Å²) in [5.41, 5.74) is 1.24. The monoisotopic (exact) mass is 518 g/mol. The molecule has 0 bridgehead atoms. The summed E-state index contributed by atoms with van der Waals surface area (Å²) in [6, 6.07) is 23.5. The number of nitrogens with zero attached hydrogens (tertiary/aromatic N) is 1. The minimum atomic E-state index is -0.514. The molecule has 190 valence electrons. The van der Waals surface area contributed by atoms with Crippen LogP contribution in [0, 0.1) is 0 Å². The van der Waals surface area contributed by atoms with Crippen molar-refractivity contribution in [2.24, 2.45) is 0 Å². The molecule has 0 unspecified atom stereocenters. The van der Waals surface area contributed by atoms with Crippen LogP contribution in [0.25, 0.3) is 6.08 Å². The van der Waals surface area contributed by atoms with Crippen LogP contribution in [0.2, 0.25) is 0 Å². The van der Waals surface area contributed by atoms with Crippen LogP contribution in [0.1, 0.15) is 12.5 Å². The first-order valence-electron chi connectivity index (χ1n) is 11.7. The van der Waals surface area contributed by atoms with Crippen molar-refractivity contribution < 1.29 is 28.6 Å². The first kappa shape index (κ1) is 25.8. The van der Waals surface area contributed by atoms with Crippen molar-refractivity contribution in [1.29, 1.82) is 0 Å². The lowest BCUT2D eigenvalue weighted by atomic mass is 10.2. The number of para-hydroxylation sites is 1. The first-order chi connectivity index (χ1) is 18.0. The number of benzene rings is 3. The van der Waals surface area contributed by atoms with Gasteiger partial charge in [0.2, 0.25) is 5.91 Å². The molecule has 3 amide bonds. The van der Waals surface area contributed by atoms with Crippen molar-refractivity contribution in [1.82, 2.24) is 4.90 Å². The molecule has 9 heteroatoms. The Morgan fingerprint density at radius 2 is 1.54 bits per heavy atom. The zero-order valence-corrected chi connectivity index (χ0v) is 21.0. The minimum Gasteiger partial charge on any atom is -0.494 e. The van der Waals surface area contributed by atoms with E-state index in [1.54, 1.807) is 54.6 Å². The Hall–Kier alpha value is -4.24. The molecule has 8 nitrogen and oxygen atoms in total. The lowest BCUT2D eigenvalue weighted by Crippen LogP contribution is -2.36. The molecule has 1 aliphatic heterocycles.